The maximum absolute atomic E-state index is 15.8. The molecule has 0 bridgehead atoms. The van der Waals surface area contributed by atoms with Crippen LogP contribution in [0, 0.1) is 11.3 Å². The predicted molar refractivity (Wildman–Crippen MR) is 502 cm³/mol. The zero-order valence-electron chi connectivity index (χ0n) is 77.1. The molecular formula is C91H127N23O19S2. The number of fused-ring (bicyclic) bond motifs is 4. The second kappa shape index (κ2) is 50.7. The van der Waals surface area contributed by atoms with Gasteiger partial charge in [-0.1, -0.05) is 102 Å². The molecule has 732 valence electrons. The number of aromatic amines is 2. The van der Waals surface area contributed by atoms with Crippen LogP contribution in [-0.4, -0.2) is 306 Å². The summed E-state index contributed by atoms with van der Waals surface area (Å²) in [6.07, 6.45) is 4.66. The maximum Gasteiger partial charge on any atom is 0.246 e. The van der Waals surface area contributed by atoms with Gasteiger partial charge < -0.3 is 120 Å². The largest absolute Gasteiger partial charge is 0.508 e. The zero-order chi connectivity index (χ0) is 98.4. The van der Waals surface area contributed by atoms with Gasteiger partial charge in [0, 0.05) is 106 Å². The number of para-hydroxylation sites is 1. The van der Waals surface area contributed by atoms with Crippen LogP contribution in [0.15, 0.2) is 96.9 Å². The molecule has 6 aromatic rings. The van der Waals surface area contributed by atoms with Crippen LogP contribution in [0.25, 0.3) is 21.0 Å². The lowest BCUT2D eigenvalue weighted by atomic mass is 10.00. The molecule has 0 spiro atoms. The van der Waals surface area contributed by atoms with E-state index in [0.717, 1.165) is 36.5 Å². The summed E-state index contributed by atoms with van der Waals surface area (Å²) < 4.78 is 0.825. The first-order valence-corrected chi connectivity index (χ1v) is 47.4. The number of nitrogens with one attached hydrogen (secondary N) is 14. The summed E-state index contributed by atoms with van der Waals surface area (Å²) in [6, 6.07) is -1.10. The Bertz CT molecular complexity index is 5210. The number of aliphatic hydroxyl groups is 1. The lowest BCUT2D eigenvalue weighted by Crippen LogP contribution is -2.62. The molecule has 3 fully saturated rings. The third-order valence-electron chi connectivity index (χ3n) is 24.2. The highest BCUT2D eigenvalue weighted by atomic mass is 32.2. The monoisotopic (exact) mass is 1910 g/mol. The number of phenolic OH excluding ortho intramolecular Hbond substituents is 1. The maximum atomic E-state index is 15.8. The van der Waals surface area contributed by atoms with Gasteiger partial charge in [-0.15, -0.1) is 23.1 Å². The molecule has 3 aliphatic heterocycles. The van der Waals surface area contributed by atoms with E-state index < -0.39 is 222 Å². The number of thiophene rings is 1. The van der Waals surface area contributed by atoms with E-state index in [1.165, 1.54) is 86.0 Å². The van der Waals surface area contributed by atoms with Crippen LogP contribution in [-0.2, 0) is 107 Å². The number of hydrogen-bond acceptors (Lipinski definition) is 23. The van der Waals surface area contributed by atoms with Gasteiger partial charge in [0.25, 0.3) is 0 Å². The van der Waals surface area contributed by atoms with Crippen LogP contribution in [0.2, 0.25) is 0 Å². The number of aliphatic hydroxyl groups excluding tert-OH is 1. The van der Waals surface area contributed by atoms with E-state index in [1.807, 2.05) is 32.0 Å². The molecule has 17 amide bonds. The smallest absolute Gasteiger partial charge is 0.246 e. The Labute approximate surface area is 789 Å². The van der Waals surface area contributed by atoms with Gasteiger partial charge in [-0.25, -0.2) is 4.98 Å². The molecular weight excluding hydrogens is 1780 g/mol. The van der Waals surface area contributed by atoms with Gasteiger partial charge in [0.2, 0.25) is 100 Å². The van der Waals surface area contributed by atoms with Crippen LogP contribution in [0.1, 0.15) is 147 Å². The van der Waals surface area contributed by atoms with Crippen molar-refractivity contribution < 1.29 is 91.7 Å². The first-order valence-electron chi connectivity index (χ1n) is 45.4. The molecule has 0 saturated carbocycles. The van der Waals surface area contributed by atoms with Crippen molar-refractivity contribution in [3.05, 3.63) is 119 Å². The van der Waals surface area contributed by atoms with Crippen molar-refractivity contribution >= 4 is 150 Å². The van der Waals surface area contributed by atoms with Gasteiger partial charge in [0.15, 0.2) is 5.96 Å². The number of H-pyrrole nitrogens is 2. The van der Waals surface area contributed by atoms with Crippen molar-refractivity contribution in [3.63, 3.8) is 0 Å². The minimum Gasteiger partial charge on any atom is -0.508 e. The first kappa shape index (κ1) is 105. The van der Waals surface area contributed by atoms with Crippen molar-refractivity contribution in [1.82, 2.24) is 97.9 Å². The number of guanidine groups is 1. The van der Waals surface area contributed by atoms with Crippen molar-refractivity contribution in [1.29, 1.82) is 5.41 Å². The molecule has 42 nitrogen and oxygen atoms in total. The van der Waals surface area contributed by atoms with Gasteiger partial charge in [0.1, 0.15) is 90.3 Å². The molecule has 44 heteroatoms. The molecule has 3 saturated heterocycles. The highest BCUT2D eigenvalue weighted by Crippen LogP contribution is 2.30. The lowest BCUT2D eigenvalue weighted by Gasteiger charge is -2.36. The SMILES string of the molecule is CCCC[C@H]1C(=O)N(C)[C@@H](CCCC)C(=O)N[C@@H](CCCNC(=N)N)C(=O)NC(C(=O)NCC(N)=O)CSCC(=O)N[C@@H](Cc2ccc(O)cc2)C(=O)N(C)[C@@H](C)C(=O)N[C@@H](CC(N)=O)C(=O)N2CCC[C@H]2C(=O)N[C@@H](Cc2cnc[nH]2)C(=O)N[C@@H](CC(C)C)C(=O)N2CCC[C@H]2C(=O)N[C@@H](Cc2c[nH]c3ccccc23)C(=O)N[C@@H](CO)C(=O)N[C@@H](Cc2csc3ccccc23)C(=O)N1C. The Morgan fingerprint density at radius 3 is 1.71 bits per heavy atom. The van der Waals surface area contributed by atoms with Crippen LogP contribution in [0.3, 0.4) is 0 Å². The lowest BCUT2D eigenvalue weighted by molar-refractivity contribution is -0.149. The number of carbonyl (C=O) groups is 17. The van der Waals surface area contributed by atoms with E-state index in [2.05, 4.69) is 73.4 Å². The van der Waals surface area contributed by atoms with Crippen LogP contribution in [0.4, 0.5) is 0 Å². The number of phenols is 1. The normalized spacial score (nSPS) is 24.2. The summed E-state index contributed by atoms with van der Waals surface area (Å²) in [4.78, 5) is 266. The van der Waals surface area contributed by atoms with E-state index in [-0.39, 0.29) is 115 Å². The van der Waals surface area contributed by atoms with Crippen molar-refractivity contribution in [2.45, 2.75) is 235 Å². The molecule has 14 atom stereocenters. The number of aromatic hydroxyl groups is 1. The van der Waals surface area contributed by atoms with E-state index in [0.29, 0.717) is 59.0 Å². The summed E-state index contributed by atoms with van der Waals surface area (Å²) in [5.74, 6) is -17.2. The number of imidazole rings is 1. The third kappa shape index (κ3) is 29.6. The second-order valence-corrected chi connectivity index (χ2v) is 36.6. The van der Waals surface area contributed by atoms with Gasteiger partial charge in [0.05, 0.1) is 31.7 Å². The highest BCUT2D eigenvalue weighted by molar-refractivity contribution is 8.00. The van der Waals surface area contributed by atoms with E-state index in [4.69, 9.17) is 22.6 Å². The molecule has 135 heavy (non-hydrogen) atoms. The van der Waals surface area contributed by atoms with Gasteiger partial charge in [-0.2, -0.15) is 0 Å². The van der Waals surface area contributed by atoms with E-state index in [1.54, 1.807) is 55.8 Å². The average molecular weight is 1910 g/mol. The van der Waals surface area contributed by atoms with Crippen molar-refractivity contribution in [2.24, 2.45) is 23.1 Å². The summed E-state index contributed by atoms with van der Waals surface area (Å²) in [7, 11) is 3.95. The molecule has 0 aliphatic carbocycles. The zero-order valence-corrected chi connectivity index (χ0v) is 78.8. The number of rotatable bonds is 26. The quantitative estimate of drug-likeness (QED) is 0.0173. The molecule has 1 unspecified atom stereocenters. The first-order chi connectivity index (χ1) is 64.4. The number of nitrogens with two attached hydrogens (primary N) is 3. The minimum absolute atomic E-state index is 0.00306. The molecule has 22 N–H and O–H groups in total. The summed E-state index contributed by atoms with van der Waals surface area (Å²) in [5, 5.41) is 61.9. The Kier molecular flexibility index (Phi) is 39.6. The Morgan fingerprint density at radius 2 is 1.10 bits per heavy atom. The molecule has 0 radical (unpaired) electrons. The average Bonchev–Trinajstić information content (AvgIpc) is 1.75. The van der Waals surface area contributed by atoms with Crippen LogP contribution < -0.4 is 75.7 Å². The number of thioether (sulfide) groups is 1. The van der Waals surface area contributed by atoms with E-state index in [9.17, 15) is 53.4 Å². The fraction of sp³-hybridized carbons (Fsp3) is 0.527. The number of primary amides is 2. The molecule has 3 aromatic carbocycles. The molecule has 9 rings (SSSR count). The fourth-order valence-electron chi connectivity index (χ4n) is 16.7. The molecule has 3 aliphatic rings. The fourth-order valence-corrected chi connectivity index (χ4v) is 18.5. The topological polar surface area (TPSA) is 626 Å². The van der Waals surface area contributed by atoms with Crippen molar-refractivity contribution in [2.75, 3.05) is 65.4 Å². The summed E-state index contributed by atoms with van der Waals surface area (Å²) in [6.45, 7) is 6.68. The van der Waals surface area contributed by atoms with Crippen molar-refractivity contribution in [3.8, 4) is 5.75 Å². The Balaban J connectivity index is 1.10. The van der Waals surface area contributed by atoms with Gasteiger partial charge in [-0.3, -0.25) is 86.9 Å². The Morgan fingerprint density at radius 1 is 0.548 bits per heavy atom. The predicted octanol–water partition coefficient (Wildman–Crippen LogP) is -1.17. The Hall–Kier alpha value is -13.3. The van der Waals surface area contributed by atoms with Crippen LogP contribution in [0.5, 0.6) is 5.75 Å². The molecule has 6 heterocycles. The number of carbonyl (C=O) groups excluding carboxylic acids is 17. The van der Waals surface area contributed by atoms with Gasteiger partial charge >= 0.3 is 0 Å². The summed E-state index contributed by atoms with van der Waals surface area (Å²) >= 11 is 2.13. The second-order valence-electron chi connectivity index (χ2n) is 34.7. The van der Waals surface area contributed by atoms with Gasteiger partial charge in [-0.05, 0) is 122 Å². The number of unbranched alkanes of at least 4 members (excludes halogenated alkanes) is 2. The van der Waals surface area contributed by atoms with E-state index >= 15 is 38.4 Å². The minimum atomic E-state index is -1.84. The highest BCUT2D eigenvalue weighted by Gasteiger charge is 2.46. The number of nitrogens with zero attached hydrogens (tertiary/aromatic N) is 6. The number of likely N-dealkylation sites (N-methyl/N-ethyl adjacent to an activating group) is 3. The standard InChI is InChI=1S/C91H127N23O19S2/c1-9-11-24-69-83(126)102-60(23-17-33-97-91(94)95)79(122)109-68(78(121)99-44-75(93)118)47-134-48-76(119)101-64(37-52-29-31-56(116)32-30-52)86(129)110(6)51(5)77(120)105-66(41-74(92)117)89(132)114-35-19-27-71(114)85(128)104-62(40-55-43-96-49-100-55)81(124)106-63(36-50(3)4)88(131)113-34-18-26-70(113)84(127)103-61(38-53-42-98-59-22-15-13-20-57(53)59)80(123)108-67(45-115)82(125)107-65(39-54-46-135-73-28-16-14-21-58(54)73)87(130)112(8)72(25-12-10-2)90(133)111(69)7/h13-16,20-22,28-32,42-43,46,49-51,60-72,98,115-116H,9-12,17-19,23-27,33-41,44-45,47-48H2,1-8H3,(H2,92,117)(H2,93,118)(H,96,100)(H,99,121)(H,101,119)(H,102,126)(H,103,127)(H,104,128)(H,105,120)(H,106,124)(H,107,125)(H,108,123)(H,109,122)(H4,94,95,97)/t51-,60-,61-,62-,63-,64-,65-,66-,67-,68?,69-,70-,71-,72-/m0/s1. The number of amides is 17. The number of benzene rings is 3. The third-order valence-corrected chi connectivity index (χ3v) is 26.2. The molecule has 3 aromatic heterocycles. The number of hydrogen-bond donors (Lipinski definition) is 19. The van der Waals surface area contributed by atoms with Crippen LogP contribution >= 0.6 is 23.1 Å². The summed E-state index contributed by atoms with van der Waals surface area (Å²) in [5.41, 5.74) is 19.4. The number of aromatic nitrogens is 3.